The Balaban J connectivity index is 2.02. The maximum Gasteiger partial charge on any atom is 0.264 e. The van der Waals surface area contributed by atoms with E-state index in [9.17, 15) is 18.0 Å². The lowest BCUT2D eigenvalue weighted by Gasteiger charge is -2.32. The molecule has 0 saturated carbocycles. The zero-order valence-electron chi connectivity index (χ0n) is 23.3. The Bertz CT molecular complexity index is 1370. The van der Waals surface area contributed by atoms with Crippen molar-refractivity contribution in [3.05, 3.63) is 89.5 Å². The van der Waals surface area contributed by atoms with E-state index >= 15 is 0 Å². The van der Waals surface area contributed by atoms with Crippen LogP contribution in [0, 0.1) is 13.8 Å². The molecule has 0 spiro atoms. The van der Waals surface area contributed by atoms with Crippen molar-refractivity contribution < 1.29 is 22.7 Å². The van der Waals surface area contributed by atoms with Crippen LogP contribution in [0.2, 0.25) is 0 Å². The van der Waals surface area contributed by atoms with Gasteiger partial charge in [-0.05, 0) is 76.6 Å². The first-order valence-corrected chi connectivity index (χ1v) is 14.2. The summed E-state index contributed by atoms with van der Waals surface area (Å²) in [6, 6.07) is 19.7. The summed E-state index contributed by atoms with van der Waals surface area (Å²) in [5, 5.41) is 2.85. The minimum atomic E-state index is -4.13. The molecule has 3 aromatic rings. The second-order valence-electron chi connectivity index (χ2n) is 9.87. The summed E-state index contributed by atoms with van der Waals surface area (Å²) in [6.07, 6.45) is 0. The molecule has 0 unspecified atom stereocenters. The monoisotopic (exact) mass is 551 g/mol. The summed E-state index contributed by atoms with van der Waals surface area (Å²) < 4.78 is 34.0. The van der Waals surface area contributed by atoms with Crippen LogP contribution >= 0.6 is 0 Å². The SMILES string of the molecule is COc1ccc(S(=O)(=O)N(CC(=O)N(Cc2ccc(C)cc2)[C@@H](C)C(=O)NC(C)C)c2ccc(C)cc2)cc1. The average molecular weight is 552 g/mol. The van der Waals surface area contributed by atoms with Crippen molar-refractivity contribution in [3.8, 4) is 5.75 Å². The summed E-state index contributed by atoms with van der Waals surface area (Å²) in [5.74, 6) is -0.300. The summed E-state index contributed by atoms with van der Waals surface area (Å²) in [6.45, 7) is 8.87. The molecule has 2 amide bonds. The fraction of sp³-hybridized carbons (Fsp3) is 0.333. The predicted octanol–water partition coefficient (Wildman–Crippen LogP) is 4.45. The normalized spacial score (nSPS) is 12.1. The quantitative estimate of drug-likeness (QED) is 0.380. The zero-order chi connectivity index (χ0) is 28.7. The lowest BCUT2D eigenvalue weighted by atomic mass is 10.1. The van der Waals surface area contributed by atoms with Gasteiger partial charge in [0.05, 0.1) is 17.7 Å². The molecule has 0 saturated heterocycles. The maximum atomic E-state index is 13.9. The van der Waals surface area contributed by atoms with Gasteiger partial charge in [0.1, 0.15) is 18.3 Å². The summed E-state index contributed by atoms with van der Waals surface area (Å²) in [7, 11) is -2.63. The van der Waals surface area contributed by atoms with Gasteiger partial charge in [-0.25, -0.2) is 8.42 Å². The van der Waals surface area contributed by atoms with Gasteiger partial charge in [0.2, 0.25) is 11.8 Å². The van der Waals surface area contributed by atoms with E-state index in [1.165, 1.54) is 24.1 Å². The average Bonchev–Trinajstić information content (AvgIpc) is 2.91. The Kier molecular flexibility index (Phi) is 9.75. The first-order chi connectivity index (χ1) is 18.4. The highest BCUT2D eigenvalue weighted by molar-refractivity contribution is 7.92. The van der Waals surface area contributed by atoms with E-state index in [1.54, 1.807) is 43.3 Å². The van der Waals surface area contributed by atoms with Crippen molar-refractivity contribution in [2.45, 2.75) is 58.1 Å². The van der Waals surface area contributed by atoms with Crippen molar-refractivity contribution in [1.82, 2.24) is 10.2 Å². The third-order valence-corrected chi connectivity index (χ3v) is 8.11. The van der Waals surface area contributed by atoms with Crippen LogP contribution in [0.1, 0.15) is 37.5 Å². The van der Waals surface area contributed by atoms with Gasteiger partial charge in [-0.2, -0.15) is 0 Å². The third-order valence-electron chi connectivity index (χ3n) is 6.32. The number of nitrogens with zero attached hydrogens (tertiary/aromatic N) is 2. The number of aryl methyl sites for hydroxylation is 2. The Morgan fingerprint density at radius 1 is 0.846 bits per heavy atom. The van der Waals surface area contributed by atoms with Gasteiger partial charge >= 0.3 is 0 Å². The molecule has 8 nitrogen and oxygen atoms in total. The first-order valence-electron chi connectivity index (χ1n) is 12.8. The molecule has 0 aliphatic rings. The van der Waals surface area contributed by atoms with Crippen LogP contribution in [0.15, 0.2) is 77.7 Å². The Morgan fingerprint density at radius 3 is 1.90 bits per heavy atom. The summed E-state index contributed by atoms with van der Waals surface area (Å²) >= 11 is 0. The number of methoxy groups -OCH3 is 1. The van der Waals surface area contributed by atoms with E-state index < -0.39 is 28.5 Å². The molecule has 9 heteroatoms. The van der Waals surface area contributed by atoms with Gasteiger partial charge in [-0.3, -0.25) is 13.9 Å². The number of carbonyl (C=O) groups is 2. The third kappa shape index (κ3) is 7.60. The second kappa shape index (κ2) is 12.8. The van der Waals surface area contributed by atoms with Gasteiger partial charge in [0.25, 0.3) is 10.0 Å². The van der Waals surface area contributed by atoms with Crippen LogP contribution in [-0.4, -0.2) is 50.9 Å². The number of rotatable bonds is 11. The van der Waals surface area contributed by atoms with Crippen LogP contribution in [0.4, 0.5) is 5.69 Å². The molecule has 1 atom stereocenters. The smallest absolute Gasteiger partial charge is 0.264 e. The minimum Gasteiger partial charge on any atom is -0.497 e. The highest BCUT2D eigenvalue weighted by Crippen LogP contribution is 2.26. The van der Waals surface area contributed by atoms with Gasteiger partial charge in [0.15, 0.2) is 0 Å². The largest absolute Gasteiger partial charge is 0.497 e. The number of sulfonamides is 1. The van der Waals surface area contributed by atoms with Gasteiger partial charge in [0, 0.05) is 12.6 Å². The van der Waals surface area contributed by atoms with E-state index in [1.807, 2.05) is 52.0 Å². The van der Waals surface area contributed by atoms with Gasteiger partial charge in [-0.1, -0.05) is 47.5 Å². The van der Waals surface area contributed by atoms with E-state index in [0.717, 1.165) is 21.0 Å². The molecule has 3 aromatic carbocycles. The molecule has 0 aromatic heterocycles. The maximum absolute atomic E-state index is 13.9. The Morgan fingerprint density at radius 2 is 1.38 bits per heavy atom. The zero-order valence-corrected chi connectivity index (χ0v) is 24.2. The van der Waals surface area contributed by atoms with Crippen molar-refractivity contribution in [1.29, 1.82) is 0 Å². The van der Waals surface area contributed by atoms with E-state index in [2.05, 4.69) is 5.32 Å². The highest BCUT2D eigenvalue weighted by Gasteiger charge is 2.32. The predicted molar refractivity (Wildman–Crippen MR) is 153 cm³/mol. The number of amides is 2. The van der Waals surface area contributed by atoms with Crippen LogP contribution in [0.3, 0.4) is 0 Å². The fourth-order valence-corrected chi connectivity index (χ4v) is 5.41. The topological polar surface area (TPSA) is 96.0 Å². The second-order valence-corrected chi connectivity index (χ2v) is 11.7. The number of ether oxygens (including phenoxy) is 1. The summed E-state index contributed by atoms with van der Waals surface area (Å²) in [4.78, 5) is 28.3. The number of benzene rings is 3. The van der Waals surface area contributed by atoms with Crippen molar-refractivity contribution in [2.24, 2.45) is 0 Å². The number of anilines is 1. The molecule has 208 valence electrons. The number of carbonyl (C=O) groups excluding carboxylic acids is 2. The van der Waals surface area contributed by atoms with Crippen LogP contribution < -0.4 is 14.4 Å². The molecule has 3 rings (SSSR count). The van der Waals surface area contributed by atoms with Crippen LogP contribution in [0.5, 0.6) is 5.75 Å². The molecule has 0 radical (unpaired) electrons. The molecule has 39 heavy (non-hydrogen) atoms. The Labute approximate surface area is 231 Å². The van der Waals surface area contributed by atoms with Crippen molar-refractivity contribution in [3.63, 3.8) is 0 Å². The van der Waals surface area contributed by atoms with Crippen molar-refractivity contribution >= 4 is 27.5 Å². The molecule has 1 N–H and O–H groups in total. The summed E-state index contributed by atoms with van der Waals surface area (Å²) in [5.41, 5.74) is 3.20. The molecule has 0 fully saturated rings. The van der Waals surface area contributed by atoms with E-state index in [-0.39, 0.29) is 23.4 Å². The van der Waals surface area contributed by atoms with Crippen molar-refractivity contribution in [2.75, 3.05) is 18.0 Å². The number of hydrogen-bond acceptors (Lipinski definition) is 5. The molecule has 0 aliphatic heterocycles. The lowest BCUT2D eigenvalue weighted by molar-refractivity contribution is -0.139. The van der Waals surface area contributed by atoms with E-state index in [0.29, 0.717) is 11.4 Å². The minimum absolute atomic E-state index is 0.0207. The molecular formula is C30H37N3O5S. The van der Waals surface area contributed by atoms with Gasteiger partial charge in [-0.15, -0.1) is 0 Å². The first kappa shape index (κ1) is 29.7. The molecular weight excluding hydrogens is 514 g/mol. The number of nitrogens with one attached hydrogen (secondary N) is 1. The fourth-order valence-electron chi connectivity index (χ4n) is 3.99. The molecule has 0 bridgehead atoms. The van der Waals surface area contributed by atoms with E-state index in [4.69, 9.17) is 4.74 Å². The molecule has 0 aliphatic carbocycles. The van der Waals surface area contributed by atoms with Crippen LogP contribution in [0.25, 0.3) is 0 Å². The standard InChI is InChI=1S/C30H37N3O5S/c1-21(2)31-30(35)24(5)32(19-25-11-7-22(3)8-12-25)29(34)20-33(26-13-9-23(4)10-14-26)39(36,37)28-17-15-27(38-6)16-18-28/h7-18,21,24H,19-20H2,1-6H3,(H,31,35)/t24-/m0/s1. The highest BCUT2D eigenvalue weighted by atomic mass is 32.2. The van der Waals surface area contributed by atoms with Gasteiger partial charge < -0.3 is 15.0 Å². The lowest BCUT2D eigenvalue weighted by Crippen LogP contribution is -2.52. The molecule has 0 heterocycles. The van der Waals surface area contributed by atoms with Crippen LogP contribution in [-0.2, 0) is 26.2 Å². The number of hydrogen-bond donors (Lipinski definition) is 1. The Hall–Kier alpha value is -3.85.